The minimum atomic E-state index is -0.567. The maximum absolute atomic E-state index is 9.57. The van der Waals surface area contributed by atoms with Gasteiger partial charge in [-0.1, -0.05) is 22.9 Å². The van der Waals surface area contributed by atoms with Crippen molar-refractivity contribution in [2.24, 2.45) is 0 Å². The lowest BCUT2D eigenvalue weighted by atomic mass is 10.1. The Bertz CT molecular complexity index is 112. The molecule has 0 saturated carbocycles. The third-order valence-electron chi connectivity index (χ3n) is 1.67. The first kappa shape index (κ1) is 12.4. The van der Waals surface area contributed by atoms with E-state index in [1.807, 2.05) is 13.8 Å². The Hall–Kier alpha value is 0.400. The predicted octanol–water partition coefficient (Wildman–Crippen LogP) is 1.86. The maximum atomic E-state index is 9.57. The molecule has 3 heteroatoms. The van der Waals surface area contributed by atoms with Gasteiger partial charge in [0, 0.05) is 11.9 Å². The molecular formula is C9H20BrNO. The number of hydrogen-bond donors (Lipinski definition) is 1. The van der Waals surface area contributed by atoms with Gasteiger partial charge in [-0.15, -0.1) is 0 Å². The minimum absolute atomic E-state index is 0.567. The van der Waals surface area contributed by atoms with Crippen LogP contribution in [0.25, 0.3) is 0 Å². The summed E-state index contributed by atoms with van der Waals surface area (Å²) in [6, 6.07) is 0. The third-order valence-corrected chi connectivity index (χ3v) is 2.23. The largest absolute Gasteiger partial charge is 0.389 e. The van der Waals surface area contributed by atoms with Crippen LogP contribution >= 0.6 is 15.9 Å². The van der Waals surface area contributed by atoms with Crippen molar-refractivity contribution in [1.29, 1.82) is 0 Å². The van der Waals surface area contributed by atoms with Crippen molar-refractivity contribution in [2.45, 2.75) is 32.8 Å². The highest BCUT2D eigenvalue weighted by molar-refractivity contribution is 9.09. The van der Waals surface area contributed by atoms with Crippen LogP contribution in [0.3, 0.4) is 0 Å². The minimum Gasteiger partial charge on any atom is -0.389 e. The Morgan fingerprint density at radius 3 is 2.33 bits per heavy atom. The highest BCUT2D eigenvalue weighted by atomic mass is 79.9. The van der Waals surface area contributed by atoms with Crippen molar-refractivity contribution in [2.75, 3.05) is 25.0 Å². The fraction of sp³-hybridized carbons (Fsp3) is 1.00. The molecule has 1 N–H and O–H groups in total. The van der Waals surface area contributed by atoms with Gasteiger partial charge in [0.25, 0.3) is 0 Å². The maximum Gasteiger partial charge on any atom is 0.0718 e. The smallest absolute Gasteiger partial charge is 0.0718 e. The topological polar surface area (TPSA) is 23.5 Å². The Kier molecular flexibility index (Phi) is 6.14. The van der Waals surface area contributed by atoms with Crippen LogP contribution in [0, 0.1) is 0 Å². The summed E-state index contributed by atoms with van der Waals surface area (Å²) < 4.78 is 0. The van der Waals surface area contributed by atoms with Gasteiger partial charge in [-0.25, -0.2) is 0 Å². The van der Waals surface area contributed by atoms with Crippen LogP contribution in [-0.4, -0.2) is 40.6 Å². The van der Waals surface area contributed by atoms with Crippen LogP contribution < -0.4 is 0 Å². The molecule has 0 aliphatic heterocycles. The van der Waals surface area contributed by atoms with E-state index in [-0.39, 0.29) is 0 Å². The van der Waals surface area contributed by atoms with E-state index >= 15 is 0 Å². The average Bonchev–Trinajstić information content (AvgIpc) is 1.95. The van der Waals surface area contributed by atoms with Gasteiger partial charge in [0.05, 0.1) is 5.60 Å². The number of halogens is 1. The molecule has 0 unspecified atom stereocenters. The Balaban J connectivity index is 3.67. The van der Waals surface area contributed by atoms with E-state index in [0.717, 1.165) is 31.4 Å². The second-order valence-electron chi connectivity index (χ2n) is 3.72. The molecule has 0 heterocycles. The molecule has 0 amide bonds. The Labute approximate surface area is 84.1 Å². The summed E-state index contributed by atoms with van der Waals surface area (Å²) in [6.45, 7) is 8.66. The first-order valence-corrected chi connectivity index (χ1v) is 5.62. The Morgan fingerprint density at radius 2 is 2.00 bits per heavy atom. The molecule has 0 aromatic heterocycles. The molecule has 2 nitrogen and oxygen atoms in total. The molecule has 0 aliphatic rings. The summed E-state index contributed by atoms with van der Waals surface area (Å²) in [6.07, 6.45) is 1.14. The SMILES string of the molecule is CCN(CCCBr)CC(C)(C)O. The van der Waals surface area contributed by atoms with Crippen LogP contribution in [0.15, 0.2) is 0 Å². The summed E-state index contributed by atoms with van der Waals surface area (Å²) in [5, 5.41) is 10.6. The number of aliphatic hydroxyl groups is 1. The number of alkyl halides is 1. The van der Waals surface area contributed by atoms with E-state index in [4.69, 9.17) is 0 Å². The number of likely N-dealkylation sites (N-methyl/N-ethyl adjacent to an activating group) is 1. The monoisotopic (exact) mass is 237 g/mol. The zero-order chi connectivity index (χ0) is 9.61. The van der Waals surface area contributed by atoms with Crippen LogP contribution in [0.5, 0.6) is 0 Å². The van der Waals surface area contributed by atoms with Crippen molar-refractivity contribution >= 4 is 15.9 Å². The molecule has 0 aliphatic carbocycles. The van der Waals surface area contributed by atoms with Gasteiger partial charge in [-0.2, -0.15) is 0 Å². The van der Waals surface area contributed by atoms with Gasteiger partial charge < -0.3 is 10.0 Å². The van der Waals surface area contributed by atoms with E-state index in [1.165, 1.54) is 0 Å². The van der Waals surface area contributed by atoms with Gasteiger partial charge in [0.15, 0.2) is 0 Å². The molecule has 0 atom stereocenters. The summed E-state index contributed by atoms with van der Waals surface area (Å²) in [5.74, 6) is 0. The standard InChI is InChI=1S/C9H20BrNO/c1-4-11(7-5-6-10)8-9(2,3)12/h12H,4-8H2,1-3H3. The second-order valence-corrected chi connectivity index (χ2v) is 4.52. The molecular weight excluding hydrogens is 218 g/mol. The number of hydrogen-bond acceptors (Lipinski definition) is 2. The van der Waals surface area contributed by atoms with Crippen molar-refractivity contribution in [1.82, 2.24) is 4.90 Å². The van der Waals surface area contributed by atoms with E-state index < -0.39 is 5.60 Å². The highest BCUT2D eigenvalue weighted by Crippen LogP contribution is 2.05. The quantitative estimate of drug-likeness (QED) is 0.714. The van der Waals surface area contributed by atoms with E-state index in [9.17, 15) is 5.11 Å². The normalized spacial score (nSPS) is 12.5. The van der Waals surface area contributed by atoms with E-state index in [2.05, 4.69) is 27.8 Å². The molecule has 0 fully saturated rings. The van der Waals surface area contributed by atoms with Crippen molar-refractivity contribution in [3.63, 3.8) is 0 Å². The molecule has 0 spiro atoms. The van der Waals surface area contributed by atoms with Crippen molar-refractivity contribution < 1.29 is 5.11 Å². The van der Waals surface area contributed by atoms with Gasteiger partial charge in [0.2, 0.25) is 0 Å². The molecule has 0 bridgehead atoms. The molecule has 0 aromatic rings. The zero-order valence-electron chi connectivity index (χ0n) is 8.31. The van der Waals surface area contributed by atoms with Crippen molar-refractivity contribution in [3.05, 3.63) is 0 Å². The lowest BCUT2D eigenvalue weighted by molar-refractivity contribution is 0.0380. The Morgan fingerprint density at radius 1 is 1.42 bits per heavy atom. The predicted molar refractivity (Wildman–Crippen MR) is 56.8 cm³/mol. The fourth-order valence-electron chi connectivity index (χ4n) is 1.18. The number of rotatable bonds is 6. The molecule has 0 aromatic carbocycles. The van der Waals surface area contributed by atoms with Crippen molar-refractivity contribution in [3.8, 4) is 0 Å². The third kappa shape index (κ3) is 7.07. The molecule has 0 saturated heterocycles. The summed E-state index contributed by atoms with van der Waals surface area (Å²) in [7, 11) is 0. The van der Waals surface area contributed by atoms with Gasteiger partial charge in [-0.05, 0) is 33.4 Å². The molecule has 12 heavy (non-hydrogen) atoms. The summed E-state index contributed by atoms with van der Waals surface area (Å²) >= 11 is 3.40. The van der Waals surface area contributed by atoms with E-state index in [1.54, 1.807) is 0 Å². The van der Waals surface area contributed by atoms with Crippen LogP contribution in [-0.2, 0) is 0 Å². The van der Waals surface area contributed by atoms with Crippen LogP contribution in [0.1, 0.15) is 27.2 Å². The first-order valence-electron chi connectivity index (χ1n) is 4.50. The van der Waals surface area contributed by atoms with Gasteiger partial charge in [0.1, 0.15) is 0 Å². The fourth-order valence-corrected chi connectivity index (χ4v) is 1.43. The number of nitrogens with zero attached hydrogens (tertiary/aromatic N) is 1. The van der Waals surface area contributed by atoms with Gasteiger partial charge >= 0.3 is 0 Å². The zero-order valence-corrected chi connectivity index (χ0v) is 9.89. The van der Waals surface area contributed by atoms with Gasteiger partial charge in [-0.3, -0.25) is 0 Å². The van der Waals surface area contributed by atoms with Crippen LogP contribution in [0.2, 0.25) is 0 Å². The second kappa shape index (κ2) is 5.95. The highest BCUT2D eigenvalue weighted by Gasteiger charge is 2.16. The summed E-state index contributed by atoms with van der Waals surface area (Å²) in [4.78, 5) is 2.27. The molecule has 0 radical (unpaired) electrons. The average molecular weight is 238 g/mol. The summed E-state index contributed by atoms with van der Waals surface area (Å²) in [5.41, 5.74) is -0.567. The van der Waals surface area contributed by atoms with Crippen LogP contribution in [0.4, 0.5) is 0 Å². The lowest BCUT2D eigenvalue weighted by Gasteiger charge is -2.27. The lowest BCUT2D eigenvalue weighted by Crippen LogP contribution is -2.39. The van der Waals surface area contributed by atoms with E-state index in [0.29, 0.717) is 0 Å². The molecule has 0 rings (SSSR count). The first-order chi connectivity index (χ1) is 5.49. The molecule has 74 valence electrons.